The first-order valence-electron chi connectivity index (χ1n) is 7.77. The summed E-state index contributed by atoms with van der Waals surface area (Å²) in [6, 6.07) is 10.8. The molecule has 2 aromatic carbocycles. The van der Waals surface area contributed by atoms with Gasteiger partial charge in [0.05, 0.1) is 0 Å². The van der Waals surface area contributed by atoms with Crippen LogP contribution in [0.25, 0.3) is 16.3 Å². The van der Waals surface area contributed by atoms with Gasteiger partial charge in [-0.15, -0.1) is 46.2 Å². The Morgan fingerprint density at radius 2 is 1.80 bits per heavy atom. The smallest absolute Gasteiger partial charge is 1.00 e. The van der Waals surface area contributed by atoms with Crippen molar-refractivity contribution in [2.24, 2.45) is 0 Å². The Balaban J connectivity index is 0.00000192. The molecule has 0 spiro atoms. The molecule has 0 fully saturated rings. The van der Waals surface area contributed by atoms with E-state index in [1.54, 1.807) is 0 Å². The minimum atomic E-state index is -1.54. The Kier molecular flexibility index (Phi) is 10.1. The van der Waals surface area contributed by atoms with Crippen LogP contribution in [0, 0.1) is 6.92 Å². The summed E-state index contributed by atoms with van der Waals surface area (Å²) < 4.78 is 11.7. The molecule has 3 rings (SSSR count). The van der Waals surface area contributed by atoms with Crippen molar-refractivity contribution in [2.45, 2.75) is 33.0 Å². The minimum absolute atomic E-state index is 0. The summed E-state index contributed by atoms with van der Waals surface area (Å²) in [6.07, 6.45) is 5.17. The fourth-order valence-corrected chi connectivity index (χ4v) is 3.30. The van der Waals surface area contributed by atoms with E-state index in [2.05, 4.69) is 69.0 Å². The number of aryl methyl sites for hydroxylation is 1. The number of allylic oxidation sites excluding steroid dienone is 3. The zero-order valence-electron chi connectivity index (χ0n) is 15.0. The molecule has 0 atom stereocenters. The van der Waals surface area contributed by atoms with E-state index in [9.17, 15) is 0 Å². The Hall–Kier alpha value is -0.250. The van der Waals surface area contributed by atoms with E-state index in [1.807, 2.05) is 0 Å². The SMILES string of the molecule is Cc1[cH-]c2ccccc2c1C1=C(OCO[Si](C)(C)C)C=CC1.[Cl-].[Cl-].[Zr+3]. The van der Waals surface area contributed by atoms with Gasteiger partial charge in [-0.3, -0.25) is 0 Å². The molecule has 133 valence electrons. The van der Waals surface area contributed by atoms with Crippen LogP contribution in [0.15, 0.2) is 48.2 Å². The van der Waals surface area contributed by atoms with Crippen molar-refractivity contribution in [3.05, 3.63) is 59.4 Å². The third-order valence-corrected chi connectivity index (χ3v) is 4.88. The topological polar surface area (TPSA) is 18.5 Å². The Labute approximate surface area is 183 Å². The molecule has 0 bridgehead atoms. The molecular formula is C19H23Cl2O2SiZr. The summed E-state index contributed by atoms with van der Waals surface area (Å²) in [5.41, 5.74) is 3.91. The quantitative estimate of drug-likeness (QED) is 0.327. The van der Waals surface area contributed by atoms with Crippen LogP contribution in [0.4, 0.5) is 0 Å². The zero-order chi connectivity index (χ0) is 15.7. The van der Waals surface area contributed by atoms with Gasteiger partial charge in [0.2, 0.25) is 0 Å². The predicted molar refractivity (Wildman–Crippen MR) is 95.3 cm³/mol. The number of hydrogen-bond acceptors (Lipinski definition) is 2. The van der Waals surface area contributed by atoms with Gasteiger partial charge < -0.3 is 34.0 Å². The zero-order valence-corrected chi connectivity index (χ0v) is 20.0. The number of fused-ring (bicyclic) bond motifs is 1. The first-order chi connectivity index (χ1) is 10.5. The van der Waals surface area contributed by atoms with E-state index in [1.165, 1.54) is 27.5 Å². The maximum atomic E-state index is 5.92. The van der Waals surface area contributed by atoms with Crippen LogP contribution in [0.5, 0.6) is 0 Å². The van der Waals surface area contributed by atoms with Crippen LogP contribution in [0.2, 0.25) is 19.6 Å². The van der Waals surface area contributed by atoms with Gasteiger partial charge >= 0.3 is 26.2 Å². The second kappa shape index (κ2) is 10.2. The number of ether oxygens (including phenoxy) is 1. The van der Waals surface area contributed by atoms with Gasteiger partial charge in [-0.2, -0.15) is 0 Å². The van der Waals surface area contributed by atoms with E-state index in [-0.39, 0.29) is 51.0 Å². The third kappa shape index (κ3) is 5.87. The van der Waals surface area contributed by atoms with Crippen LogP contribution in [-0.2, 0) is 35.4 Å². The molecule has 0 amide bonds. The Bertz CT molecular complexity index is 760. The molecule has 1 aliphatic rings. The molecule has 2 nitrogen and oxygen atoms in total. The van der Waals surface area contributed by atoms with E-state index in [0.29, 0.717) is 6.79 Å². The summed E-state index contributed by atoms with van der Waals surface area (Å²) in [4.78, 5) is 0. The monoisotopic (exact) mass is 471 g/mol. The van der Waals surface area contributed by atoms with Crippen molar-refractivity contribution in [2.75, 3.05) is 6.79 Å². The second-order valence-electron chi connectivity index (χ2n) is 6.76. The van der Waals surface area contributed by atoms with Crippen LogP contribution in [0.3, 0.4) is 0 Å². The van der Waals surface area contributed by atoms with Gasteiger partial charge in [0, 0.05) is 0 Å². The fourth-order valence-electron chi connectivity index (χ4n) is 2.88. The van der Waals surface area contributed by atoms with Crippen molar-refractivity contribution in [3.8, 4) is 0 Å². The average molecular weight is 474 g/mol. The van der Waals surface area contributed by atoms with Crippen LogP contribution in [0.1, 0.15) is 17.5 Å². The van der Waals surface area contributed by atoms with E-state index in [0.717, 1.165) is 12.2 Å². The molecule has 0 N–H and O–H groups in total. The molecule has 0 aromatic heterocycles. The predicted octanol–water partition coefficient (Wildman–Crippen LogP) is -0.631. The average Bonchev–Trinajstić information content (AvgIpc) is 3.00. The number of hydrogen-bond donors (Lipinski definition) is 0. The summed E-state index contributed by atoms with van der Waals surface area (Å²) in [5.74, 6) is 0.956. The van der Waals surface area contributed by atoms with Gasteiger partial charge in [0.25, 0.3) is 0 Å². The first-order valence-corrected chi connectivity index (χ1v) is 11.2. The number of halogens is 2. The van der Waals surface area contributed by atoms with Crippen LogP contribution < -0.4 is 24.8 Å². The molecule has 0 saturated heterocycles. The van der Waals surface area contributed by atoms with Crippen LogP contribution in [-0.4, -0.2) is 15.1 Å². The molecule has 0 heterocycles. The van der Waals surface area contributed by atoms with Crippen molar-refractivity contribution in [1.29, 1.82) is 0 Å². The number of rotatable bonds is 5. The largest absolute Gasteiger partial charge is 3.00 e. The Morgan fingerprint density at radius 3 is 2.48 bits per heavy atom. The van der Waals surface area contributed by atoms with Crippen molar-refractivity contribution >= 4 is 24.7 Å². The first kappa shape index (κ1) is 24.8. The van der Waals surface area contributed by atoms with Gasteiger partial charge in [-0.1, -0.05) is 19.1 Å². The van der Waals surface area contributed by atoms with Gasteiger partial charge in [0.1, 0.15) is 5.76 Å². The van der Waals surface area contributed by atoms with Gasteiger partial charge in [-0.05, 0) is 37.7 Å². The van der Waals surface area contributed by atoms with E-state index in [4.69, 9.17) is 9.16 Å². The minimum Gasteiger partial charge on any atom is -1.00 e. The maximum Gasteiger partial charge on any atom is 3.00 e. The van der Waals surface area contributed by atoms with E-state index < -0.39 is 8.32 Å². The van der Waals surface area contributed by atoms with Crippen LogP contribution >= 0.6 is 0 Å². The van der Waals surface area contributed by atoms with E-state index >= 15 is 0 Å². The van der Waals surface area contributed by atoms with Crippen molar-refractivity contribution < 1.29 is 60.2 Å². The van der Waals surface area contributed by atoms with Gasteiger partial charge in [-0.25, -0.2) is 0 Å². The molecule has 0 aliphatic heterocycles. The standard InChI is InChI=1S/C19H23O2Si.2ClH.Zr/c1-14-12-15-8-5-6-9-16(15)19(14)17-10-7-11-18(17)20-13-21-22(2,3)4;;;/h5-9,11-12H,10,13H2,1-4H3;2*1H;/q-1;;;+3/p-2. The summed E-state index contributed by atoms with van der Waals surface area (Å²) in [6.45, 7) is 9.04. The van der Waals surface area contributed by atoms with Crippen molar-refractivity contribution in [1.82, 2.24) is 0 Å². The summed E-state index contributed by atoms with van der Waals surface area (Å²) in [5, 5.41) is 2.61. The normalized spacial score (nSPS) is 13.3. The molecule has 6 heteroatoms. The molecule has 0 unspecified atom stereocenters. The molecule has 2 aromatic rings. The molecular weight excluding hydrogens is 450 g/mol. The third-order valence-electron chi connectivity index (χ3n) is 3.89. The van der Waals surface area contributed by atoms with Crippen molar-refractivity contribution in [3.63, 3.8) is 0 Å². The second-order valence-corrected chi connectivity index (χ2v) is 11.3. The molecule has 1 aliphatic carbocycles. The van der Waals surface area contributed by atoms with Gasteiger partial charge in [0.15, 0.2) is 15.1 Å². The molecule has 0 saturated carbocycles. The number of benzene rings is 1. The Morgan fingerprint density at radius 1 is 1.12 bits per heavy atom. The fraction of sp³-hybridized carbons (Fsp3) is 0.316. The summed E-state index contributed by atoms with van der Waals surface area (Å²) >= 11 is 0. The maximum absolute atomic E-state index is 5.92. The summed E-state index contributed by atoms with van der Waals surface area (Å²) in [7, 11) is -1.54. The molecule has 25 heavy (non-hydrogen) atoms. The molecule has 1 radical (unpaired) electrons.